The Morgan fingerprint density at radius 3 is 2.64 bits per heavy atom. The van der Waals surface area contributed by atoms with E-state index < -0.39 is 0 Å². The molecule has 0 amide bonds. The fourth-order valence-electron chi connectivity index (χ4n) is 3.03. The number of rotatable bonds is 5. The third-order valence-corrected chi connectivity index (χ3v) is 4.64. The van der Waals surface area contributed by atoms with Crippen molar-refractivity contribution >= 4 is 0 Å². The Hall–Kier alpha value is -2.89. The van der Waals surface area contributed by atoms with Crippen LogP contribution in [0.5, 0.6) is 5.75 Å². The van der Waals surface area contributed by atoms with Gasteiger partial charge in [-0.2, -0.15) is 9.36 Å². The van der Waals surface area contributed by atoms with Gasteiger partial charge in [-0.15, -0.1) is 0 Å². The first-order valence-corrected chi connectivity index (χ1v) is 8.45. The largest absolute Gasteiger partial charge is 0.489 e. The molecule has 128 valence electrons. The minimum absolute atomic E-state index is 0.273. The van der Waals surface area contributed by atoms with Crippen molar-refractivity contribution in [1.29, 1.82) is 0 Å². The first-order valence-electron chi connectivity index (χ1n) is 8.45. The molecule has 1 aromatic heterocycles. The Labute approximate surface area is 145 Å². The van der Waals surface area contributed by atoms with Crippen LogP contribution in [-0.2, 0) is 13.7 Å². The van der Waals surface area contributed by atoms with Crippen LogP contribution in [0.2, 0.25) is 0 Å². The van der Waals surface area contributed by atoms with E-state index >= 15 is 0 Å². The highest BCUT2D eigenvalue weighted by Gasteiger charge is 2.26. The first kappa shape index (κ1) is 15.6. The maximum atomic E-state index is 12.2. The molecule has 6 nitrogen and oxygen atoms in total. The van der Waals surface area contributed by atoms with Crippen molar-refractivity contribution in [2.45, 2.75) is 32.3 Å². The first-order chi connectivity index (χ1) is 12.1. The summed E-state index contributed by atoms with van der Waals surface area (Å²) in [6.07, 6.45) is 2.45. The minimum atomic E-state index is -0.273. The fraction of sp³-hybridized carbons (Fsp3) is 0.316. The normalized spacial score (nSPS) is 13.8. The number of hydrogen-bond donors (Lipinski definition) is 0. The Balaban J connectivity index is 1.67. The fourth-order valence-corrected chi connectivity index (χ4v) is 3.03. The van der Waals surface area contributed by atoms with Gasteiger partial charge in [0.2, 0.25) is 0 Å². The zero-order valence-corrected chi connectivity index (χ0v) is 14.3. The van der Waals surface area contributed by atoms with Crippen molar-refractivity contribution in [3.8, 4) is 11.4 Å². The van der Waals surface area contributed by atoms with E-state index in [0.717, 1.165) is 16.9 Å². The van der Waals surface area contributed by atoms with Gasteiger partial charge in [-0.3, -0.25) is 0 Å². The molecule has 2 aromatic carbocycles. The van der Waals surface area contributed by atoms with Gasteiger partial charge in [0.05, 0.1) is 5.69 Å². The monoisotopic (exact) mass is 336 g/mol. The van der Waals surface area contributed by atoms with Gasteiger partial charge in [-0.25, -0.2) is 4.79 Å². The maximum absolute atomic E-state index is 12.2. The quantitative estimate of drug-likeness (QED) is 0.719. The van der Waals surface area contributed by atoms with Crippen molar-refractivity contribution in [3.05, 3.63) is 69.6 Å². The number of ether oxygens (including phenoxy) is 1. The lowest BCUT2D eigenvalue weighted by atomic mass is 10.1. The highest BCUT2D eigenvalue weighted by Crippen LogP contribution is 2.44. The summed E-state index contributed by atoms with van der Waals surface area (Å²) in [5.74, 6) is 1.54. The van der Waals surface area contributed by atoms with Crippen LogP contribution in [0.3, 0.4) is 0 Å². The van der Waals surface area contributed by atoms with E-state index in [9.17, 15) is 4.79 Å². The summed E-state index contributed by atoms with van der Waals surface area (Å²) in [4.78, 5) is 12.2. The Morgan fingerprint density at radius 1 is 1.12 bits per heavy atom. The van der Waals surface area contributed by atoms with E-state index in [0.29, 0.717) is 18.2 Å². The van der Waals surface area contributed by atoms with Crippen LogP contribution in [-0.4, -0.2) is 19.8 Å². The molecule has 0 N–H and O–H groups in total. The molecule has 0 atom stereocenters. The molecule has 3 aromatic rings. The van der Waals surface area contributed by atoms with Gasteiger partial charge < -0.3 is 4.74 Å². The average Bonchev–Trinajstić information content (AvgIpc) is 3.41. The van der Waals surface area contributed by atoms with Gasteiger partial charge in [0.15, 0.2) is 0 Å². The van der Waals surface area contributed by atoms with Gasteiger partial charge in [0.25, 0.3) is 0 Å². The van der Waals surface area contributed by atoms with Gasteiger partial charge in [0.1, 0.15) is 12.4 Å². The number of benzene rings is 2. The molecule has 0 aliphatic heterocycles. The molecular weight excluding hydrogens is 316 g/mol. The second-order valence-electron chi connectivity index (χ2n) is 6.47. The van der Waals surface area contributed by atoms with Gasteiger partial charge >= 0.3 is 5.69 Å². The van der Waals surface area contributed by atoms with Gasteiger partial charge in [-0.1, -0.05) is 30.3 Å². The van der Waals surface area contributed by atoms with E-state index in [-0.39, 0.29) is 5.69 Å². The van der Waals surface area contributed by atoms with E-state index in [1.807, 2.05) is 37.3 Å². The molecular formula is C19H20N4O2. The second kappa shape index (κ2) is 6.20. The SMILES string of the molecule is Cc1cccc(-n2nnn(C)c2=O)c1COc1ccccc1C1CC1. The van der Waals surface area contributed by atoms with Crippen LogP contribution in [0.1, 0.15) is 35.4 Å². The predicted molar refractivity (Wildman–Crippen MR) is 94.1 cm³/mol. The smallest absolute Gasteiger partial charge is 0.368 e. The van der Waals surface area contributed by atoms with E-state index in [2.05, 4.69) is 22.6 Å². The van der Waals surface area contributed by atoms with Crippen LogP contribution >= 0.6 is 0 Å². The molecule has 1 saturated carbocycles. The molecule has 25 heavy (non-hydrogen) atoms. The van der Waals surface area contributed by atoms with E-state index in [4.69, 9.17) is 4.74 Å². The molecule has 0 bridgehead atoms. The third-order valence-electron chi connectivity index (χ3n) is 4.64. The summed E-state index contributed by atoms with van der Waals surface area (Å²) < 4.78 is 8.68. The van der Waals surface area contributed by atoms with E-state index in [1.54, 1.807) is 7.05 Å². The molecule has 4 rings (SSSR count). The summed E-state index contributed by atoms with van der Waals surface area (Å²) in [6, 6.07) is 14.0. The number of aromatic nitrogens is 4. The summed E-state index contributed by atoms with van der Waals surface area (Å²) >= 11 is 0. The topological polar surface area (TPSA) is 61.9 Å². The molecule has 0 radical (unpaired) electrons. The minimum Gasteiger partial charge on any atom is -0.489 e. The summed E-state index contributed by atoms with van der Waals surface area (Å²) in [5.41, 5.74) is 3.70. The Bertz CT molecular complexity index is 970. The number of nitrogens with zero attached hydrogens (tertiary/aromatic N) is 4. The number of aryl methyl sites for hydroxylation is 2. The zero-order valence-electron chi connectivity index (χ0n) is 14.3. The van der Waals surface area contributed by atoms with Crippen LogP contribution in [0.15, 0.2) is 47.3 Å². The number of para-hydroxylation sites is 1. The molecule has 1 aliphatic carbocycles. The highest BCUT2D eigenvalue weighted by atomic mass is 16.5. The summed E-state index contributed by atoms with van der Waals surface area (Å²) in [6.45, 7) is 2.39. The summed E-state index contributed by atoms with van der Waals surface area (Å²) in [7, 11) is 1.59. The third kappa shape index (κ3) is 2.95. The van der Waals surface area contributed by atoms with Crippen LogP contribution in [0.25, 0.3) is 5.69 Å². The molecule has 0 unspecified atom stereocenters. The average molecular weight is 336 g/mol. The van der Waals surface area contributed by atoms with Crippen molar-refractivity contribution in [2.75, 3.05) is 0 Å². The molecule has 1 heterocycles. The lowest BCUT2D eigenvalue weighted by molar-refractivity contribution is 0.301. The molecule has 6 heteroatoms. The van der Waals surface area contributed by atoms with Gasteiger partial charge in [0, 0.05) is 12.6 Å². The Kier molecular flexibility index (Phi) is 3.87. The molecule has 0 spiro atoms. The number of tetrazole rings is 1. The molecule has 1 fully saturated rings. The highest BCUT2D eigenvalue weighted by molar-refractivity contribution is 5.45. The van der Waals surface area contributed by atoms with Crippen LogP contribution in [0.4, 0.5) is 0 Å². The Morgan fingerprint density at radius 2 is 1.92 bits per heavy atom. The number of hydrogen-bond acceptors (Lipinski definition) is 4. The molecule has 1 aliphatic rings. The maximum Gasteiger partial charge on any atom is 0.368 e. The zero-order chi connectivity index (χ0) is 17.4. The second-order valence-corrected chi connectivity index (χ2v) is 6.47. The lowest BCUT2D eigenvalue weighted by Gasteiger charge is -2.15. The van der Waals surface area contributed by atoms with Crippen LogP contribution < -0.4 is 10.4 Å². The van der Waals surface area contributed by atoms with E-state index in [1.165, 1.54) is 27.8 Å². The lowest BCUT2D eigenvalue weighted by Crippen LogP contribution is -2.23. The summed E-state index contributed by atoms with van der Waals surface area (Å²) in [5, 5.41) is 7.76. The van der Waals surface area contributed by atoms with Crippen LogP contribution in [0, 0.1) is 6.92 Å². The predicted octanol–water partition coefficient (Wildman–Crippen LogP) is 2.73. The molecule has 0 saturated heterocycles. The van der Waals surface area contributed by atoms with Gasteiger partial charge in [-0.05, 0) is 59.4 Å². The van der Waals surface area contributed by atoms with Crippen molar-refractivity contribution in [2.24, 2.45) is 7.05 Å². The van der Waals surface area contributed by atoms with Crippen molar-refractivity contribution in [1.82, 2.24) is 19.8 Å². The van der Waals surface area contributed by atoms with Crippen molar-refractivity contribution < 1.29 is 4.74 Å². The van der Waals surface area contributed by atoms with Crippen molar-refractivity contribution in [3.63, 3.8) is 0 Å². The standard InChI is InChI=1S/C19H20N4O2/c1-13-6-5-8-17(23-19(24)22(2)20-21-23)16(13)12-25-18-9-4-3-7-15(18)14-10-11-14/h3-9,14H,10-12H2,1-2H3.